The van der Waals surface area contributed by atoms with Gasteiger partial charge in [-0.3, -0.25) is 4.79 Å². The highest BCUT2D eigenvalue weighted by Crippen LogP contribution is 2.28. The Balaban J connectivity index is 1.47. The van der Waals surface area contributed by atoms with Crippen LogP contribution in [0, 0.1) is 13.8 Å². The summed E-state index contributed by atoms with van der Waals surface area (Å²) in [5.41, 5.74) is 7.44. The van der Waals surface area contributed by atoms with Crippen molar-refractivity contribution in [2.75, 3.05) is 5.75 Å². The zero-order chi connectivity index (χ0) is 21.8. The molecule has 0 aliphatic carbocycles. The summed E-state index contributed by atoms with van der Waals surface area (Å²) in [6, 6.07) is 20.7. The molecule has 0 aliphatic rings. The lowest BCUT2D eigenvalue weighted by molar-refractivity contribution is -0.118. The van der Waals surface area contributed by atoms with Crippen LogP contribution in [0.25, 0.3) is 21.7 Å². The van der Waals surface area contributed by atoms with Crippen LogP contribution in [0.2, 0.25) is 0 Å². The summed E-state index contributed by atoms with van der Waals surface area (Å²) in [5.74, 6) is 0.210. The van der Waals surface area contributed by atoms with Gasteiger partial charge in [-0.05, 0) is 42.7 Å². The highest BCUT2D eigenvalue weighted by atomic mass is 32.2. The number of para-hydroxylation sites is 1. The van der Waals surface area contributed by atoms with E-state index < -0.39 is 0 Å². The Morgan fingerprint density at radius 2 is 1.77 bits per heavy atom. The minimum absolute atomic E-state index is 0.111. The molecule has 1 amide bonds. The zero-order valence-corrected chi connectivity index (χ0v) is 19.0. The molecule has 0 radical (unpaired) electrons. The molecule has 4 nitrogen and oxygen atoms in total. The second-order valence-corrected chi connectivity index (χ2v) is 8.70. The van der Waals surface area contributed by atoms with Gasteiger partial charge in [-0.1, -0.05) is 61.5 Å². The molecule has 0 unspecified atom stereocenters. The third-order valence-electron chi connectivity index (χ3n) is 5.53. The van der Waals surface area contributed by atoms with Crippen molar-refractivity contribution >= 4 is 45.6 Å². The SMILES string of the molecule is CCCn1c(C)c(/C=N\NC(=O)CSc2cccc3ccccc23)c2cccc(C)c21. The Bertz CT molecular complexity index is 1270. The summed E-state index contributed by atoms with van der Waals surface area (Å²) in [5, 5.41) is 7.80. The molecular formula is C26H27N3OS. The van der Waals surface area contributed by atoms with Crippen LogP contribution in [-0.4, -0.2) is 22.4 Å². The molecule has 3 aromatic carbocycles. The number of nitrogens with zero attached hydrogens (tertiary/aromatic N) is 2. The highest BCUT2D eigenvalue weighted by Gasteiger charge is 2.14. The van der Waals surface area contributed by atoms with Crippen LogP contribution in [-0.2, 0) is 11.3 Å². The van der Waals surface area contributed by atoms with E-state index in [1.807, 2.05) is 18.2 Å². The number of benzene rings is 3. The first kappa shape index (κ1) is 21.2. The number of hydrazone groups is 1. The van der Waals surface area contributed by atoms with Crippen molar-refractivity contribution in [3.8, 4) is 0 Å². The summed E-state index contributed by atoms with van der Waals surface area (Å²) in [7, 11) is 0. The van der Waals surface area contributed by atoms with Crippen LogP contribution >= 0.6 is 11.8 Å². The molecule has 0 atom stereocenters. The molecule has 1 heterocycles. The third-order valence-corrected chi connectivity index (χ3v) is 6.60. The average molecular weight is 430 g/mol. The third kappa shape index (κ3) is 4.37. The van der Waals surface area contributed by atoms with E-state index in [9.17, 15) is 4.79 Å². The molecule has 158 valence electrons. The molecule has 0 bridgehead atoms. The number of amides is 1. The molecule has 0 fully saturated rings. The standard InChI is InChI=1S/C26H27N3OS/c1-4-15-29-19(3)23(22-13-7-9-18(2)26(22)29)16-27-28-25(30)17-31-24-14-8-11-20-10-5-6-12-21(20)24/h5-14,16H,4,15,17H2,1-3H3,(H,28,30)/b27-16-. The van der Waals surface area contributed by atoms with E-state index in [1.165, 1.54) is 44.7 Å². The fraction of sp³-hybridized carbons (Fsp3) is 0.231. The minimum atomic E-state index is -0.111. The number of hydrogen-bond donors (Lipinski definition) is 1. The minimum Gasteiger partial charge on any atom is -0.344 e. The van der Waals surface area contributed by atoms with E-state index in [2.05, 4.69) is 78.3 Å². The van der Waals surface area contributed by atoms with Gasteiger partial charge in [0.15, 0.2) is 0 Å². The normalized spacial score (nSPS) is 11.6. The number of hydrogen-bond acceptors (Lipinski definition) is 3. The van der Waals surface area contributed by atoms with E-state index in [0.29, 0.717) is 5.75 Å². The summed E-state index contributed by atoms with van der Waals surface area (Å²) in [4.78, 5) is 13.5. The van der Waals surface area contributed by atoms with Gasteiger partial charge in [0.2, 0.25) is 5.91 Å². The van der Waals surface area contributed by atoms with Crippen molar-refractivity contribution in [1.82, 2.24) is 9.99 Å². The summed E-state index contributed by atoms with van der Waals surface area (Å²) in [6.07, 6.45) is 2.85. The van der Waals surface area contributed by atoms with Gasteiger partial charge in [-0.15, -0.1) is 11.8 Å². The number of aryl methyl sites for hydroxylation is 2. The smallest absolute Gasteiger partial charge is 0.250 e. The Labute approximate surface area is 187 Å². The molecule has 4 rings (SSSR count). The first-order valence-electron chi connectivity index (χ1n) is 10.6. The lowest BCUT2D eigenvalue weighted by Crippen LogP contribution is -2.19. The van der Waals surface area contributed by atoms with Gasteiger partial charge in [0, 0.05) is 28.1 Å². The Hall–Kier alpha value is -3.05. The van der Waals surface area contributed by atoms with Crippen molar-refractivity contribution in [2.24, 2.45) is 5.10 Å². The topological polar surface area (TPSA) is 46.4 Å². The predicted molar refractivity (Wildman–Crippen MR) is 132 cm³/mol. The Morgan fingerprint density at radius 3 is 2.61 bits per heavy atom. The zero-order valence-electron chi connectivity index (χ0n) is 18.2. The lowest BCUT2D eigenvalue weighted by Gasteiger charge is -2.08. The van der Waals surface area contributed by atoms with Crippen LogP contribution in [0.3, 0.4) is 0 Å². The summed E-state index contributed by atoms with van der Waals surface area (Å²) < 4.78 is 2.35. The summed E-state index contributed by atoms with van der Waals surface area (Å²) in [6.45, 7) is 7.41. The van der Waals surface area contributed by atoms with Crippen molar-refractivity contribution in [3.05, 3.63) is 77.5 Å². The largest absolute Gasteiger partial charge is 0.344 e. The van der Waals surface area contributed by atoms with E-state index in [4.69, 9.17) is 0 Å². The number of fused-ring (bicyclic) bond motifs is 2. The van der Waals surface area contributed by atoms with Gasteiger partial charge in [0.25, 0.3) is 0 Å². The number of carbonyl (C=O) groups is 1. The molecule has 5 heteroatoms. The molecule has 1 N–H and O–H groups in total. The molecular weight excluding hydrogens is 402 g/mol. The first-order valence-corrected chi connectivity index (χ1v) is 11.6. The lowest BCUT2D eigenvalue weighted by atomic mass is 10.1. The van der Waals surface area contributed by atoms with Crippen molar-refractivity contribution in [2.45, 2.75) is 38.6 Å². The molecule has 1 aromatic heterocycles. The highest BCUT2D eigenvalue weighted by molar-refractivity contribution is 8.00. The number of carbonyl (C=O) groups excluding carboxylic acids is 1. The maximum absolute atomic E-state index is 12.4. The fourth-order valence-corrected chi connectivity index (χ4v) is 4.94. The summed E-state index contributed by atoms with van der Waals surface area (Å²) >= 11 is 1.53. The first-order chi connectivity index (χ1) is 15.1. The maximum Gasteiger partial charge on any atom is 0.250 e. The van der Waals surface area contributed by atoms with Crippen molar-refractivity contribution < 1.29 is 4.79 Å². The Kier molecular flexibility index (Phi) is 6.42. The molecule has 4 aromatic rings. The number of nitrogens with one attached hydrogen (secondary N) is 1. The molecule has 0 spiro atoms. The van der Waals surface area contributed by atoms with E-state index >= 15 is 0 Å². The van der Waals surface area contributed by atoms with Gasteiger partial charge in [0.1, 0.15) is 0 Å². The van der Waals surface area contributed by atoms with Gasteiger partial charge in [-0.2, -0.15) is 5.10 Å². The van der Waals surface area contributed by atoms with Crippen molar-refractivity contribution in [1.29, 1.82) is 0 Å². The predicted octanol–water partition coefficient (Wildman–Crippen LogP) is 6.06. The van der Waals surface area contributed by atoms with Crippen LogP contribution in [0.4, 0.5) is 0 Å². The monoisotopic (exact) mass is 429 g/mol. The molecule has 0 aliphatic heterocycles. The molecule has 0 saturated carbocycles. The number of thioether (sulfide) groups is 1. The van der Waals surface area contributed by atoms with Gasteiger partial charge in [-0.25, -0.2) is 5.43 Å². The average Bonchev–Trinajstić information content (AvgIpc) is 3.05. The van der Waals surface area contributed by atoms with Crippen LogP contribution in [0.5, 0.6) is 0 Å². The van der Waals surface area contributed by atoms with Gasteiger partial charge < -0.3 is 4.57 Å². The van der Waals surface area contributed by atoms with Gasteiger partial charge >= 0.3 is 0 Å². The Morgan fingerprint density at radius 1 is 1.03 bits per heavy atom. The number of aromatic nitrogens is 1. The number of rotatable bonds is 7. The second kappa shape index (κ2) is 9.40. The second-order valence-electron chi connectivity index (χ2n) is 7.68. The van der Waals surface area contributed by atoms with Crippen LogP contribution < -0.4 is 5.43 Å². The van der Waals surface area contributed by atoms with Crippen molar-refractivity contribution in [3.63, 3.8) is 0 Å². The van der Waals surface area contributed by atoms with E-state index in [0.717, 1.165) is 23.4 Å². The van der Waals surface area contributed by atoms with E-state index in [-0.39, 0.29) is 5.91 Å². The van der Waals surface area contributed by atoms with E-state index in [1.54, 1.807) is 6.21 Å². The van der Waals surface area contributed by atoms with Gasteiger partial charge in [0.05, 0.1) is 17.5 Å². The van der Waals surface area contributed by atoms with Crippen LogP contribution in [0.15, 0.2) is 70.7 Å². The maximum atomic E-state index is 12.4. The molecule has 0 saturated heterocycles. The quantitative estimate of drug-likeness (QED) is 0.220. The van der Waals surface area contributed by atoms with Crippen LogP contribution in [0.1, 0.15) is 30.2 Å². The molecule has 31 heavy (non-hydrogen) atoms. The fourth-order valence-electron chi connectivity index (χ4n) is 4.07.